The Morgan fingerprint density at radius 3 is 2.44 bits per heavy atom. The van der Waals surface area contributed by atoms with Crippen LogP contribution in [0.1, 0.15) is 37.1 Å². The topological polar surface area (TPSA) is 98.2 Å². The van der Waals surface area contributed by atoms with E-state index in [1.54, 1.807) is 13.8 Å². The Labute approximate surface area is 107 Å². The summed E-state index contributed by atoms with van der Waals surface area (Å²) in [7, 11) is -3.62. The van der Waals surface area contributed by atoms with E-state index in [2.05, 4.69) is 9.88 Å². The first kappa shape index (κ1) is 13.5. The van der Waals surface area contributed by atoms with Gasteiger partial charge in [0.25, 0.3) is 0 Å². The fourth-order valence-electron chi connectivity index (χ4n) is 2.59. The highest BCUT2D eigenvalue weighted by molar-refractivity contribution is 7.89. The van der Waals surface area contributed by atoms with Crippen LogP contribution in [0.2, 0.25) is 0 Å². The van der Waals surface area contributed by atoms with Crippen LogP contribution in [0.3, 0.4) is 0 Å². The van der Waals surface area contributed by atoms with Crippen molar-refractivity contribution in [2.75, 3.05) is 6.54 Å². The minimum atomic E-state index is -3.62. The summed E-state index contributed by atoms with van der Waals surface area (Å²) in [6, 6.07) is 0. The first-order valence-corrected chi connectivity index (χ1v) is 7.55. The third kappa shape index (κ3) is 2.30. The quantitative estimate of drug-likeness (QED) is 0.847. The molecule has 0 atom stereocenters. The van der Waals surface area contributed by atoms with Crippen LogP contribution in [0.4, 0.5) is 0 Å². The van der Waals surface area contributed by atoms with Crippen molar-refractivity contribution in [1.29, 1.82) is 0 Å². The summed E-state index contributed by atoms with van der Waals surface area (Å²) in [5, 5.41) is 3.68. The number of aryl methyl sites for hydroxylation is 2. The average Bonchev–Trinajstić information content (AvgIpc) is 2.86. The van der Waals surface area contributed by atoms with Gasteiger partial charge < -0.3 is 10.3 Å². The molecule has 102 valence electrons. The maximum Gasteiger partial charge on any atom is 0.246 e. The lowest BCUT2D eigenvalue weighted by Gasteiger charge is -2.28. The molecule has 3 N–H and O–H groups in total. The first-order valence-electron chi connectivity index (χ1n) is 6.07. The Morgan fingerprint density at radius 1 is 1.39 bits per heavy atom. The van der Waals surface area contributed by atoms with Gasteiger partial charge in [-0.15, -0.1) is 0 Å². The van der Waals surface area contributed by atoms with Crippen LogP contribution >= 0.6 is 0 Å². The smallest absolute Gasteiger partial charge is 0.246 e. The lowest BCUT2D eigenvalue weighted by atomic mass is 10.0. The molecule has 0 radical (unpaired) electrons. The summed E-state index contributed by atoms with van der Waals surface area (Å²) in [6.07, 6.45) is 3.57. The van der Waals surface area contributed by atoms with Gasteiger partial charge in [0, 0.05) is 12.1 Å². The fourth-order valence-corrected chi connectivity index (χ4v) is 4.40. The van der Waals surface area contributed by atoms with Crippen molar-refractivity contribution in [1.82, 2.24) is 9.88 Å². The second-order valence-electron chi connectivity index (χ2n) is 4.95. The standard InChI is InChI=1S/C11H19N3O3S/c1-8-10(9(2)17-13-8)18(15,16)14-11(7-12)5-3-4-6-11/h14H,3-7,12H2,1-2H3. The number of nitrogens with zero attached hydrogens (tertiary/aromatic N) is 1. The third-order valence-electron chi connectivity index (χ3n) is 3.54. The number of rotatable bonds is 4. The van der Waals surface area contributed by atoms with Gasteiger partial charge in [-0.25, -0.2) is 13.1 Å². The molecule has 0 aliphatic heterocycles. The molecule has 0 unspecified atom stereocenters. The minimum Gasteiger partial charge on any atom is -0.360 e. The average molecular weight is 273 g/mol. The van der Waals surface area contributed by atoms with Crippen molar-refractivity contribution in [2.24, 2.45) is 5.73 Å². The van der Waals surface area contributed by atoms with Crippen molar-refractivity contribution in [3.63, 3.8) is 0 Å². The largest absolute Gasteiger partial charge is 0.360 e. The van der Waals surface area contributed by atoms with Gasteiger partial charge >= 0.3 is 0 Å². The second kappa shape index (κ2) is 4.64. The molecule has 1 saturated carbocycles. The molecule has 18 heavy (non-hydrogen) atoms. The molecule has 0 bridgehead atoms. The molecule has 6 nitrogen and oxygen atoms in total. The van der Waals surface area contributed by atoms with Gasteiger partial charge in [0.15, 0.2) is 5.76 Å². The fraction of sp³-hybridized carbons (Fsp3) is 0.727. The maximum atomic E-state index is 12.4. The molecule has 1 heterocycles. The number of hydrogen-bond acceptors (Lipinski definition) is 5. The van der Waals surface area contributed by atoms with E-state index in [0.29, 0.717) is 18.0 Å². The number of nitrogens with one attached hydrogen (secondary N) is 1. The van der Waals surface area contributed by atoms with E-state index < -0.39 is 15.6 Å². The summed E-state index contributed by atoms with van der Waals surface area (Å²) in [4.78, 5) is 0.141. The van der Waals surface area contributed by atoms with Gasteiger partial charge in [-0.3, -0.25) is 0 Å². The molecule has 7 heteroatoms. The van der Waals surface area contributed by atoms with Gasteiger partial charge in [0.05, 0.1) is 0 Å². The van der Waals surface area contributed by atoms with Crippen LogP contribution in [0.15, 0.2) is 9.42 Å². The zero-order valence-corrected chi connectivity index (χ0v) is 11.5. The van der Waals surface area contributed by atoms with Crippen molar-refractivity contribution in [3.05, 3.63) is 11.5 Å². The molecule has 1 aliphatic rings. The van der Waals surface area contributed by atoms with E-state index in [0.717, 1.165) is 25.7 Å². The van der Waals surface area contributed by atoms with Crippen LogP contribution in [-0.4, -0.2) is 25.7 Å². The predicted octanol–water partition coefficient (Wildman–Crippen LogP) is 0.841. The lowest BCUT2D eigenvalue weighted by Crippen LogP contribution is -2.51. The summed E-state index contributed by atoms with van der Waals surface area (Å²) in [5.41, 5.74) is 5.61. The Kier molecular flexibility index (Phi) is 3.48. The van der Waals surface area contributed by atoms with Crippen LogP contribution in [0.5, 0.6) is 0 Å². The molecular weight excluding hydrogens is 254 g/mol. The number of nitrogens with two attached hydrogens (primary N) is 1. The molecule has 1 aromatic heterocycles. The monoisotopic (exact) mass is 273 g/mol. The van der Waals surface area contributed by atoms with Gasteiger partial charge in [-0.2, -0.15) is 0 Å². The highest BCUT2D eigenvalue weighted by Gasteiger charge is 2.38. The van der Waals surface area contributed by atoms with Crippen LogP contribution in [0, 0.1) is 13.8 Å². The Morgan fingerprint density at radius 2 is 2.00 bits per heavy atom. The van der Waals surface area contributed by atoms with Gasteiger partial charge in [-0.1, -0.05) is 18.0 Å². The zero-order chi connectivity index (χ0) is 13.4. The third-order valence-corrected chi connectivity index (χ3v) is 5.36. The highest BCUT2D eigenvalue weighted by Crippen LogP contribution is 2.31. The molecule has 1 aromatic rings. The summed E-state index contributed by atoms with van der Waals surface area (Å²) >= 11 is 0. The van der Waals surface area contributed by atoms with Gasteiger partial charge in [0.2, 0.25) is 10.0 Å². The van der Waals surface area contributed by atoms with Crippen molar-refractivity contribution < 1.29 is 12.9 Å². The Balaban J connectivity index is 2.33. The van der Waals surface area contributed by atoms with E-state index >= 15 is 0 Å². The first-order chi connectivity index (χ1) is 8.40. The summed E-state index contributed by atoms with van der Waals surface area (Å²) < 4.78 is 32.4. The molecule has 2 rings (SSSR count). The molecule has 0 aromatic carbocycles. The van der Waals surface area contributed by atoms with E-state index in [1.807, 2.05) is 0 Å². The summed E-state index contributed by atoms with van der Waals surface area (Å²) in [6.45, 7) is 3.53. The van der Waals surface area contributed by atoms with Crippen molar-refractivity contribution >= 4 is 10.0 Å². The Bertz CT molecular complexity index is 510. The minimum absolute atomic E-state index is 0.141. The molecule has 0 saturated heterocycles. The number of hydrogen-bond donors (Lipinski definition) is 2. The second-order valence-corrected chi connectivity index (χ2v) is 6.57. The molecule has 1 fully saturated rings. The molecular formula is C11H19N3O3S. The van der Waals surface area contributed by atoms with Crippen LogP contribution in [-0.2, 0) is 10.0 Å². The van der Waals surface area contributed by atoms with E-state index in [4.69, 9.17) is 10.3 Å². The number of sulfonamides is 1. The molecule has 0 spiro atoms. The van der Waals surface area contributed by atoms with Crippen LogP contribution in [0.25, 0.3) is 0 Å². The Hall–Kier alpha value is -0.920. The summed E-state index contributed by atoms with van der Waals surface area (Å²) in [5.74, 6) is 0.310. The van der Waals surface area contributed by atoms with Crippen LogP contribution < -0.4 is 10.5 Å². The SMILES string of the molecule is Cc1noc(C)c1S(=O)(=O)NC1(CN)CCCC1. The van der Waals surface area contributed by atoms with E-state index in [-0.39, 0.29) is 4.90 Å². The van der Waals surface area contributed by atoms with E-state index in [9.17, 15) is 8.42 Å². The van der Waals surface area contributed by atoms with Crippen molar-refractivity contribution in [2.45, 2.75) is 50.0 Å². The molecule has 0 amide bonds. The predicted molar refractivity (Wildman–Crippen MR) is 66.6 cm³/mol. The van der Waals surface area contributed by atoms with Gasteiger partial charge in [0.1, 0.15) is 10.6 Å². The van der Waals surface area contributed by atoms with Gasteiger partial charge in [-0.05, 0) is 26.7 Å². The molecule has 1 aliphatic carbocycles. The number of aromatic nitrogens is 1. The van der Waals surface area contributed by atoms with Crippen molar-refractivity contribution in [3.8, 4) is 0 Å². The zero-order valence-electron chi connectivity index (χ0n) is 10.7. The lowest BCUT2D eigenvalue weighted by molar-refractivity contribution is 0.388. The normalized spacial score (nSPS) is 19.3. The van der Waals surface area contributed by atoms with E-state index in [1.165, 1.54) is 0 Å². The maximum absolute atomic E-state index is 12.4. The highest BCUT2D eigenvalue weighted by atomic mass is 32.2.